The third-order valence-electron chi connectivity index (χ3n) is 3.63. The highest BCUT2D eigenvalue weighted by molar-refractivity contribution is 8.03. The summed E-state index contributed by atoms with van der Waals surface area (Å²) in [6, 6.07) is 16.2. The molecular weight excluding hydrogens is 380 g/mol. The lowest BCUT2D eigenvalue weighted by Crippen LogP contribution is -2.23. The summed E-state index contributed by atoms with van der Waals surface area (Å²) >= 11 is 5.10. The summed E-state index contributed by atoms with van der Waals surface area (Å²) in [5.74, 6) is 1.81. The number of aromatic nitrogens is 1. The molecule has 1 aromatic carbocycles. The van der Waals surface area contributed by atoms with Gasteiger partial charge in [-0.25, -0.2) is 4.98 Å². The lowest BCUT2D eigenvalue weighted by Gasteiger charge is -2.08. The van der Waals surface area contributed by atoms with Gasteiger partial charge >= 0.3 is 0 Å². The second-order valence-corrected chi connectivity index (χ2v) is 8.91. The van der Waals surface area contributed by atoms with Crippen LogP contribution in [0.15, 0.2) is 70.0 Å². The van der Waals surface area contributed by atoms with Crippen LogP contribution in [0.2, 0.25) is 0 Å². The normalized spacial score (nSPS) is 10.7. The summed E-state index contributed by atoms with van der Waals surface area (Å²) in [5, 5.41) is 5.78. The molecule has 2 aromatic heterocycles. The predicted octanol–water partition coefficient (Wildman–Crippen LogP) is 5.27. The first-order valence-electron chi connectivity index (χ1n) is 8.30. The molecule has 3 rings (SSSR count). The fourth-order valence-corrected chi connectivity index (χ4v) is 4.81. The molecule has 3 nitrogen and oxygen atoms in total. The predicted molar refractivity (Wildman–Crippen MR) is 112 cm³/mol. The Hall–Kier alpha value is -1.76. The van der Waals surface area contributed by atoms with E-state index in [0.717, 1.165) is 21.4 Å². The number of nitrogens with one attached hydrogen (secondary N) is 1. The van der Waals surface area contributed by atoms with E-state index in [9.17, 15) is 4.79 Å². The van der Waals surface area contributed by atoms with Crippen molar-refractivity contribution in [3.63, 3.8) is 0 Å². The number of benzene rings is 1. The van der Waals surface area contributed by atoms with Crippen LogP contribution in [0.3, 0.4) is 0 Å². The van der Waals surface area contributed by atoms with Crippen LogP contribution in [0.25, 0.3) is 0 Å². The highest BCUT2D eigenvalue weighted by Gasteiger charge is 2.12. The number of rotatable bonds is 8. The first-order valence-corrected chi connectivity index (χ1v) is 11.2. The number of aryl methyl sites for hydroxylation is 1. The van der Waals surface area contributed by atoms with Gasteiger partial charge in [0.2, 0.25) is 0 Å². The maximum atomic E-state index is 12.5. The maximum Gasteiger partial charge on any atom is 0.254 e. The molecule has 1 amide bonds. The van der Waals surface area contributed by atoms with Crippen molar-refractivity contribution in [1.29, 1.82) is 0 Å². The summed E-state index contributed by atoms with van der Waals surface area (Å²) < 4.78 is 0. The Bertz CT molecular complexity index is 833. The van der Waals surface area contributed by atoms with Crippen LogP contribution < -0.4 is 5.32 Å². The molecule has 0 bridgehead atoms. The van der Waals surface area contributed by atoms with Gasteiger partial charge in [0, 0.05) is 27.5 Å². The van der Waals surface area contributed by atoms with Gasteiger partial charge in [-0.05, 0) is 42.6 Å². The number of hydrogen-bond donors (Lipinski definition) is 1. The van der Waals surface area contributed by atoms with Gasteiger partial charge in [0.1, 0.15) is 5.03 Å². The van der Waals surface area contributed by atoms with Gasteiger partial charge in [0.05, 0.1) is 12.1 Å². The van der Waals surface area contributed by atoms with Crippen molar-refractivity contribution >= 4 is 40.8 Å². The van der Waals surface area contributed by atoms with Gasteiger partial charge in [-0.15, -0.1) is 34.9 Å². The van der Waals surface area contributed by atoms with Crippen LogP contribution in [0.5, 0.6) is 0 Å². The lowest BCUT2D eigenvalue weighted by molar-refractivity contribution is 0.0947. The Balaban J connectivity index is 1.51. The molecule has 0 aliphatic carbocycles. The summed E-state index contributed by atoms with van der Waals surface area (Å²) in [4.78, 5) is 19.3. The van der Waals surface area contributed by atoms with E-state index in [1.807, 2.05) is 41.4 Å². The third-order valence-corrected chi connectivity index (χ3v) is 6.79. The van der Waals surface area contributed by atoms with Gasteiger partial charge in [0.25, 0.3) is 5.91 Å². The van der Waals surface area contributed by atoms with Crippen molar-refractivity contribution in [3.8, 4) is 0 Å². The van der Waals surface area contributed by atoms with Crippen molar-refractivity contribution in [2.24, 2.45) is 0 Å². The Kier molecular flexibility index (Phi) is 7.17. The molecule has 0 saturated heterocycles. The molecule has 3 aromatic rings. The van der Waals surface area contributed by atoms with Crippen LogP contribution in [-0.2, 0) is 6.54 Å². The maximum absolute atomic E-state index is 12.5. The smallest absolute Gasteiger partial charge is 0.254 e. The van der Waals surface area contributed by atoms with Crippen LogP contribution in [0.1, 0.15) is 20.8 Å². The minimum atomic E-state index is -0.0693. The summed E-state index contributed by atoms with van der Waals surface area (Å²) in [6.07, 6.45) is 1.74. The summed E-state index contributed by atoms with van der Waals surface area (Å²) in [5.41, 5.74) is 1.92. The van der Waals surface area contributed by atoms with E-state index in [0.29, 0.717) is 12.1 Å². The average Bonchev–Trinajstić information content (AvgIpc) is 3.19. The fourth-order valence-electron chi connectivity index (χ4n) is 2.29. The number of carbonyl (C=O) groups is 1. The van der Waals surface area contributed by atoms with Crippen molar-refractivity contribution in [1.82, 2.24) is 10.3 Å². The molecule has 0 fully saturated rings. The highest BCUT2D eigenvalue weighted by atomic mass is 32.2. The first kappa shape index (κ1) is 19.0. The van der Waals surface area contributed by atoms with E-state index >= 15 is 0 Å². The number of hydrogen-bond acceptors (Lipinski definition) is 5. The molecule has 0 aliphatic rings. The Morgan fingerprint density at radius 2 is 1.88 bits per heavy atom. The molecule has 1 N–H and O–H groups in total. The molecule has 0 spiro atoms. The molecule has 0 radical (unpaired) electrons. The molecule has 26 heavy (non-hydrogen) atoms. The second kappa shape index (κ2) is 9.80. The van der Waals surface area contributed by atoms with Gasteiger partial charge < -0.3 is 5.32 Å². The summed E-state index contributed by atoms with van der Waals surface area (Å²) in [6.45, 7) is 2.65. The van der Waals surface area contributed by atoms with Crippen LogP contribution >= 0.6 is 34.9 Å². The minimum absolute atomic E-state index is 0.0693. The summed E-state index contributed by atoms with van der Waals surface area (Å²) in [7, 11) is 0. The molecule has 0 atom stereocenters. The number of thioether (sulfide) groups is 2. The molecule has 0 aliphatic heterocycles. The molecular formula is C20H20N2OS3. The van der Waals surface area contributed by atoms with Crippen molar-refractivity contribution in [3.05, 3.63) is 76.1 Å². The monoisotopic (exact) mass is 400 g/mol. The van der Waals surface area contributed by atoms with E-state index in [1.165, 1.54) is 10.5 Å². The van der Waals surface area contributed by atoms with Crippen molar-refractivity contribution in [2.45, 2.75) is 23.4 Å². The lowest BCUT2D eigenvalue weighted by atomic mass is 10.2. The number of amides is 1. The van der Waals surface area contributed by atoms with E-state index in [-0.39, 0.29) is 5.91 Å². The zero-order valence-corrected chi connectivity index (χ0v) is 16.9. The molecule has 2 heterocycles. The Morgan fingerprint density at radius 1 is 1.08 bits per heavy atom. The number of carbonyl (C=O) groups excluding carboxylic acids is 1. The fraction of sp³-hybridized carbons (Fsp3) is 0.200. The molecule has 0 saturated carbocycles. The minimum Gasteiger partial charge on any atom is -0.347 e. The zero-order valence-electron chi connectivity index (χ0n) is 14.5. The largest absolute Gasteiger partial charge is 0.347 e. The topological polar surface area (TPSA) is 42.0 Å². The SMILES string of the molecule is Cc1ccc(SCCSc2ncccc2C(=O)NCc2cccs2)cc1. The average molecular weight is 401 g/mol. The van der Waals surface area contributed by atoms with E-state index < -0.39 is 0 Å². The second-order valence-electron chi connectivity index (χ2n) is 5.63. The van der Waals surface area contributed by atoms with Gasteiger partial charge in [-0.2, -0.15) is 0 Å². The first-order chi connectivity index (χ1) is 12.7. The van der Waals surface area contributed by atoms with E-state index in [4.69, 9.17) is 0 Å². The van der Waals surface area contributed by atoms with Crippen LogP contribution in [0, 0.1) is 6.92 Å². The Labute approximate surface area is 166 Å². The quantitative estimate of drug-likeness (QED) is 0.413. The highest BCUT2D eigenvalue weighted by Crippen LogP contribution is 2.24. The van der Waals surface area contributed by atoms with Crippen LogP contribution in [0.4, 0.5) is 0 Å². The van der Waals surface area contributed by atoms with Gasteiger partial charge in [-0.1, -0.05) is 23.8 Å². The van der Waals surface area contributed by atoms with Gasteiger partial charge in [-0.3, -0.25) is 4.79 Å². The third kappa shape index (κ3) is 5.62. The van der Waals surface area contributed by atoms with Gasteiger partial charge in [0.15, 0.2) is 0 Å². The Morgan fingerprint density at radius 3 is 2.65 bits per heavy atom. The number of nitrogens with zero attached hydrogens (tertiary/aromatic N) is 1. The number of thiophene rings is 1. The zero-order chi connectivity index (χ0) is 18.2. The van der Waals surface area contributed by atoms with Crippen LogP contribution in [-0.4, -0.2) is 22.4 Å². The van der Waals surface area contributed by atoms with E-state index in [1.54, 1.807) is 29.3 Å². The van der Waals surface area contributed by atoms with Crippen molar-refractivity contribution in [2.75, 3.05) is 11.5 Å². The number of pyridine rings is 1. The molecule has 6 heteroatoms. The standard InChI is InChI=1S/C20H20N2OS3/c1-15-6-8-16(9-7-15)25-12-13-26-20-18(5-2-10-21-20)19(23)22-14-17-4-3-11-24-17/h2-11H,12-14H2,1H3,(H,22,23). The molecule has 0 unspecified atom stereocenters. The van der Waals surface area contributed by atoms with Crippen molar-refractivity contribution < 1.29 is 4.79 Å². The van der Waals surface area contributed by atoms with E-state index in [2.05, 4.69) is 41.5 Å². The molecule has 134 valence electrons.